The molecule has 0 bridgehead atoms. The summed E-state index contributed by atoms with van der Waals surface area (Å²) in [7, 11) is 1.55. The lowest BCUT2D eigenvalue weighted by molar-refractivity contribution is 0.0992. The van der Waals surface area contributed by atoms with E-state index in [0.717, 1.165) is 5.39 Å². The van der Waals surface area contributed by atoms with Gasteiger partial charge in [0.1, 0.15) is 5.58 Å². The molecule has 124 valence electrons. The van der Waals surface area contributed by atoms with Gasteiger partial charge in [0.2, 0.25) is 0 Å². The molecule has 24 heavy (non-hydrogen) atoms. The zero-order valence-electron chi connectivity index (χ0n) is 12.5. The summed E-state index contributed by atoms with van der Waals surface area (Å²) in [5.74, 6) is -0.279. The number of carbonyl (C=O) groups excluding carboxylic acids is 1. The molecule has 0 saturated heterocycles. The number of halogens is 3. The highest BCUT2D eigenvalue weighted by atomic mass is 35.5. The first-order chi connectivity index (χ1) is 11.5. The normalized spacial score (nSPS) is 11.0. The van der Waals surface area contributed by atoms with Crippen molar-refractivity contribution >= 4 is 57.4 Å². The minimum atomic E-state index is -0.446. The Labute approximate surface area is 153 Å². The maximum Gasteiger partial charge on any atom is 0.291 e. The van der Waals surface area contributed by atoms with Crippen LogP contribution in [-0.2, 0) is 11.3 Å². The molecule has 0 saturated carbocycles. The van der Waals surface area contributed by atoms with Crippen LogP contribution in [0.25, 0.3) is 11.0 Å². The predicted molar refractivity (Wildman–Crippen MR) is 96.4 cm³/mol. The number of ether oxygens (including phenoxy) is 1. The van der Waals surface area contributed by atoms with Crippen LogP contribution in [0.4, 0.5) is 5.69 Å². The standard InChI is InChI=1S/C17H12Cl3NO3/c1-23-8-10-9-4-2-3-5-15(9)24-16(10)17(22)21-14-7-12(19)11(18)6-13(14)20/h2-7H,8H2,1H3,(H,21,22). The number of para-hydroxylation sites is 1. The van der Waals surface area contributed by atoms with Gasteiger partial charge in [-0.1, -0.05) is 53.0 Å². The molecule has 1 aromatic heterocycles. The number of methoxy groups -OCH3 is 1. The van der Waals surface area contributed by atoms with E-state index >= 15 is 0 Å². The van der Waals surface area contributed by atoms with Gasteiger partial charge in [-0.15, -0.1) is 0 Å². The molecule has 0 spiro atoms. The van der Waals surface area contributed by atoms with Gasteiger partial charge in [-0.25, -0.2) is 0 Å². The average Bonchev–Trinajstić information content (AvgIpc) is 2.92. The number of carbonyl (C=O) groups is 1. The lowest BCUT2D eigenvalue weighted by atomic mass is 10.1. The Morgan fingerprint density at radius 1 is 1.12 bits per heavy atom. The highest BCUT2D eigenvalue weighted by Gasteiger charge is 2.21. The van der Waals surface area contributed by atoms with Crippen molar-refractivity contribution < 1.29 is 13.9 Å². The molecule has 3 aromatic rings. The molecule has 1 heterocycles. The fraction of sp³-hybridized carbons (Fsp3) is 0.118. The van der Waals surface area contributed by atoms with E-state index in [1.807, 2.05) is 18.2 Å². The molecule has 1 N–H and O–H groups in total. The Bertz CT molecular complexity index is 921. The van der Waals surface area contributed by atoms with Crippen LogP contribution < -0.4 is 5.32 Å². The van der Waals surface area contributed by atoms with E-state index in [9.17, 15) is 4.79 Å². The molecule has 0 aliphatic heterocycles. The molecular weight excluding hydrogens is 373 g/mol. The Kier molecular flexibility index (Phi) is 5.01. The predicted octanol–water partition coefficient (Wildman–Crippen LogP) is 5.79. The van der Waals surface area contributed by atoms with E-state index in [1.165, 1.54) is 12.1 Å². The molecule has 2 aromatic carbocycles. The van der Waals surface area contributed by atoms with Crippen molar-refractivity contribution in [1.29, 1.82) is 0 Å². The number of hydrogen-bond donors (Lipinski definition) is 1. The summed E-state index contributed by atoms with van der Waals surface area (Å²) in [5, 5.41) is 4.39. The maximum atomic E-state index is 12.6. The van der Waals surface area contributed by atoms with Gasteiger partial charge in [0.15, 0.2) is 5.76 Å². The van der Waals surface area contributed by atoms with Crippen molar-refractivity contribution in [2.45, 2.75) is 6.61 Å². The lowest BCUT2D eigenvalue weighted by Gasteiger charge is -2.08. The van der Waals surface area contributed by atoms with Crippen LogP contribution in [0.3, 0.4) is 0 Å². The van der Waals surface area contributed by atoms with Gasteiger partial charge in [-0.3, -0.25) is 4.79 Å². The summed E-state index contributed by atoms with van der Waals surface area (Å²) in [6.45, 7) is 0.245. The number of nitrogens with one attached hydrogen (secondary N) is 1. The van der Waals surface area contributed by atoms with Gasteiger partial charge in [-0.2, -0.15) is 0 Å². The number of furan rings is 1. The summed E-state index contributed by atoms with van der Waals surface area (Å²) < 4.78 is 10.9. The quantitative estimate of drug-likeness (QED) is 0.579. The third kappa shape index (κ3) is 3.23. The fourth-order valence-electron chi connectivity index (χ4n) is 2.37. The van der Waals surface area contributed by atoms with Crippen molar-refractivity contribution in [1.82, 2.24) is 0 Å². The van der Waals surface area contributed by atoms with Gasteiger partial charge in [0.05, 0.1) is 27.4 Å². The van der Waals surface area contributed by atoms with E-state index in [1.54, 1.807) is 13.2 Å². The van der Waals surface area contributed by atoms with Crippen LogP contribution in [0.1, 0.15) is 16.1 Å². The largest absolute Gasteiger partial charge is 0.451 e. The summed E-state index contributed by atoms with van der Waals surface area (Å²) in [6, 6.07) is 10.3. The van der Waals surface area contributed by atoms with Crippen molar-refractivity contribution in [3.63, 3.8) is 0 Å². The van der Waals surface area contributed by atoms with Gasteiger partial charge in [0.25, 0.3) is 5.91 Å². The fourth-order valence-corrected chi connectivity index (χ4v) is 2.96. The monoisotopic (exact) mass is 383 g/mol. The number of amides is 1. The van der Waals surface area contributed by atoms with E-state index < -0.39 is 5.91 Å². The summed E-state index contributed by atoms with van der Waals surface area (Å²) in [5.41, 5.74) is 1.62. The molecule has 0 radical (unpaired) electrons. The molecule has 4 nitrogen and oxygen atoms in total. The van der Waals surface area contributed by atoms with E-state index in [-0.39, 0.29) is 22.4 Å². The summed E-state index contributed by atoms with van der Waals surface area (Å²) in [6.07, 6.45) is 0. The molecular formula is C17H12Cl3NO3. The van der Waals surface area contributed by atoms with Crippen molar-refractivity contribution in [2.75, 3.05) is 12.4 Å². The number of fused-ring (bicyclic) bond motifs is 1. The molecule has 0 atom stereocenters. The first kappa shape index (κ1) is 17.1. The van der Waals surface area contributed by atoms with Crippen molar-refractivity contribution in [3.05, 3.63) is 62.8 Å². The number of hydrogen-bond acceptors (Lipinski definition) is 3. The second kappa shape index (κ2) is 7.03. The van der Waals surface area contributed by atoms with E-state index in [0.29, 0.717) is 21.9 Å². The molecule has 1 amide bonds. The number of rotatable bonds is 4. The van der Waals surface area contributed by atoms with Crippen molar-refractivity contribution in [2.24, 2.45) is 0 Å². The first-order valence-electron chi connectivity index (χ1n) is 6.96. The molecule has 0 unspecified atom stereocenters. The minimum absolute atomic E-state index is 0.167. The first-order valence-corrected chi connectivity index (χ1v) is 8.10. The molecule has 0 aliphatic rings. The highest BCUT2D eigenvalue weighted by Crippen LogP contribution is 2.33. The highest BCUT2D eigenvalue weighted by molar-refractivity contribution is 6.44. The van der Waals surface area contributed by atoms with Gasteiger partial charge >= 0.3 is 0 Å². The Morgan fingerprint density at radius 2 is 1.83 bits per heavy atom. The molecule has 3 rings (SSSR count). The van der Waals surface area contributed by atoms with Gasteiger partial charge < -0.3 is 14.5 Å². The topological polar surface area (TPSA) is 51.5 Å². The smallest absolute Gasteiger partial charge is 0.291 e. The van der Waals surface area contributed by atoms with Crippen LogP contribution in [-0.4, -0.2) is 13.0 Å². The van der Waals surface area contributed by atoms with Crippen LogP contribution in [0.15, 0.2) is 40.8 Å². The summed E-state index contributed by atoms with van der Waals surface area (Å²) in [4.78, 5) is 12.6. The van der Waals surface area contributed by atoms with Gasteiger partial charge in [0, 0.05) is 18.1 Å². The molecule has 0 fully saturated rings. The third-order valence-electron chi connectivity index (χ3n) is 3.45. The van der Waals surface area contributed by atoms with Crippen LogP contribution in [0.5, 0.6) is 0 Å². The van der Waals surface area contributed by atoms with Crippen molar-refractivity contribution in [3.8, 4) is 0 Å². The van der Waals surface area contributed by atoms with Gasteiger partial charge in [-0.05, 0) is 18.2 Å². The second-order valence-electron chi connectivity index (χ2n) is 5.04. The molecule has 0 aliphatic carbocycles. The average molecular weight is 385 g/mol. The SMILES string of the molecule is COCc1c(C(=O)Nc2cc(Cl)c(Cl)cc2Cl)oc2ccccc12. The zero-order valence-corrected chi connectivity index (χ0v) is 14.8. The maximum absolute atomic E-state index is 12.6. The van der Waals surface area contributed by atoms with Crippen LogP contribution >= 0.6 is 34.8 Å². The second-order valence-corrected chi connectivity index (χ2v) is 6.26. The number of anilines is 1. The third-order valence-corrected chi connectivity index (χ3v) is 4.49. The Hall–Kier alpha value is -1.72. The van der Waals surface area contributed by atoms with E-state index in [4.69, 9.17) is 44.0 Å². The number of benzene rings is 2. The Balaban J connectivity index is 2.00. The summed E-state index contributed by atoms with van der Waals surface area (Å²) >= 11 is 18.0. The minimum Gasteiger partial charge on any atom is -0.451 e. The lowest BCUT2D eigenvalue weighted by Crippen LogP contribution is -2.13. The Morgan fingerprint density at radius 3 is 2.58 bits per heavy atom. The van der Waals surface area contributed by atoms with E-state index in [2.05, 4.69) is 5.32 Å². The zero-order chi connectivity index (χ0) is 17.3. The molecule has 7 heteroatoms. The van der Waals surface area contributed by atoms with Crippen LogP contribution in [0.2, 0.25) is 15.1 Å². The van der Waals surface area contributed by atoms with Crippen LogP contribution in [0, 0.1) is 0 Å².